The van der Waals surface area contributed by atoms with Gasteiger partial charge in [0.05, 0.1) is 0 Å². The summed E-state index contributed by atoms with van der Waals surface area (Å²) in [6.07, 6.45) is 3.45. The lowest BCUT2D eigenvalue weighted by atomic mass is 10.0. The van der Waals surface area contributed by atoms with Crippen LogP contribution in [0.4, 0.5) is 0 Å². The van der Waals surface area contributed by atoms with Crippen LogP contribution in [0.15, 0.2) is 64.7 Å². The summed E-state index contributed by atoms with van der Waals surface area (Å²) in [5.74, 6) is 0.384. The first-order chi connectivity index (χ1) is 11.0. The number of nitrogens with two attached hydrogens (primary N) is 1. The fraction of sp³-hybridized carbons (Fsp3) is 0.211. The minimum Gasteiger partial charge on any atom is -0.397 e. The lowest BCUT2D eigenvalue weighted by Gasteiger charge is -2.05. The first kappa shape index (κ1) is 18.8. The largest absolute Gasteiger partial charge is 0.397 e. The molecule has 0 saturated carbocycles. The maximum atomic E-state index is 5.23. The van der Waals surface area contributed by atoms with Crippen LogP contribution in [-0.4, -0.2) is 12.9 Å². The highest BCUT2D eigenvalue weighted by molar-refractivity contribution is 7.80. The monoisotopic (exact) mass is 328 g/mol. The molecule has 2 aromatic rings. The van der Waals surface area contributed by atoms with Crippen LogP contribution < -0.4 is 5.73 Å². The summed E-state index contributed by atoms with van der Waals surface area (Å²) in [7, 11) is 1.45. The van der Waals surface area contributed by atoms with E-state index >= 15 is 0 Å². The molecule has 0 aromatic heterocycles. The molecule has 2 rings (SSSR count). The highest BCUT2D eigenvalue weighted by atomic mass is 32.1. The third kappa shape index (κ3) is 7.06. The highest BCUT2D eigenvalue weighted by Gasteiger charge is 1.98. The number of hydrogen-bond acceptors (Lipinski definition) is 3. The first-order valence-corrected chi connectivity index (χ1v) is 7.78. The van der Waals surface area contributed by atoms with Crippen molar-refractivity contribution in [2.75, 3.05) is 7.11 Å². The van der Waals surface area contributed by atoms with E-state index in [0.717, 1.165) is 4.90 Å². The number of oxime groups is 1. The Hall–Kier alpha value is -2.20. The number of thiol groups is 1. The Labute approximate surface area is 144 Å². The topological polar surface area (TPSA) is 47.6 Å². The van der Waals surface area contributed by atoms with Crippen LogP contribution >= 0.6 is 12.6 Å². The molecule has 3 nitrogen and oxygen atoms in total. The molecular formula is C19H24N2OS. The summed E-state index contributed by atoms with van der Waals surface area (Å²) in [5.41, 5.74) is 10.4. The molecule has 0 aliphatic carbocycles. The summed E-state index contributed by atoms with van der Waals surface area (Å²) < 4.78 is 0. The van der Waals surface area contributed by atoms with E-state index in [9.17, 15) is 0 Å². The molecule has 0 fully saturated rings. The predicted molar refractivity (Wildman–Crippen MR) is 102 cm³/mol. The second kappa shape index (κ2) is 9.74. The quantitative estimate of drug-likeness (QED) is 0.370. The van der Waals surface area contributed by atoms with Gasteiger partial charge >= 0.3 is 0 Å². The van der Waals surface area contributed by atoms with Crippen LogP contribution in [0.3, 0.4) is 0 Å². The van der Waals surface area contributed by atoms with Gasteiger partial charge in [-0.25, -0.2) is 0 Å². The van der Waals surface area contributed by atoms with E-state index in [1.54, 1.807) is 12.2 Å². The van der Waals surface area contributed by atoms with Crippen LogP contribution in [0.5, 0.6) is 0 Å². The normalized spacial score (nSPS) is 11.1. The van der Waals surface area contributed by atoms with Gasteiger partial charge in [-0.15, -0.1) is 12.6 Å². The van der Waals surface area contributed by atoms with E-state index < -0.39 is 0 Å². The van der Waals surface area contributed by atoms with Gasteiger partial charge in [-0.05, 0) is 50.1 Å². The number of allylic oxidation sites excluding steroid dienone is 1. The van der Waals surface area contributed by atoms with Crippen molar-refractivity contribution in [2.45, 2.75) is 25.7 Å². The zero-order valence-electron chi connectivity index (χ0n) is 14.1. The van der Waals surface area contributed by atoms with Crippen LogP contribution in [0, 0.1) is 13.8 Å². The van der Waals surface area contributed by atoms with Crippen LogP contribution in [-0.2, 0) is 4.84 Å². The van der Waals surface area contributed by atoms with E-state index in [-0.39, 0.29) is 0 Å². The third-order valence-corrected chi connectivity index (χ3v) is 3.25. The summed E-state index contributed by atoms with van der Waals surface area (Å²) in [5, 5.41) is 3.42. The van der Waals surface area contributed by atoms with E-state index in [0.29, 0.717) is 5.84 Å². The van der Waals surface area contributed by atoms with Gasteiger partial charge < -0.3 is 10.6 Å². The molecule has 0 bridgehead atoms. The minimum atomic E-state index is 0.384. The molecule has 0 radical (unpaired) electrons. The zero-order chi connectivity index (χ0) is 17.2. The molecule has 0 spiro atoms. The number of rotatable bonds is 3. The smallest absolute Gasteiger partial charge is 0.162 e. The van der Waals surface area contributed by atoms with Gasteiger partial charge in [0.25, 0.3) is 0 Å². The first-order valence-electron chi connectivity index (χ1n) is 7.33. The molecule has 0 saturated heterocycles. The summed E-state index contributed by atoms with van der Waals surface area (Å²) in [6, 6.07) is 14.9. The van der Waals surface area contributed by atoms with Crippen molar-refractivity contribution in [1.29, 1.82) is 0 Å². The van der Waals surface area contributed by atoms with Crippen molar-refractivity contribution in [3.05, 3.63) is 65.7 Å². The lowest BCUT2D eigenvalue weighted by Crippen LogP contribution is -2.07. The average molecular weight is 328 g/mol. The van der Waals surface area contributed by atoms with Gasteiger partial charge in [0.1, 0.15) is 7.11 Å². The van der Waals surface area contributed by atoms with Gasteiger partial charge in [-0.2, -0.15) is 0 Å². The molecule has 0 amide bonds. The Kier molecular flexibility index (Phi) is 7.98. The molecule has 23 heavy (non-hydrogen) atoms. The number of benzene rings is 2. The van der Waals surface area contributed by atoms with Crippen LogP contribution in [0.1, 0.15) is 18.1 Å². The standard InChI is InChI=1S/C14H14S.C5H10N2O/c1-10-7-11(2)9-13(8-10)12-3-5-14(15)6-4-12;1-3-4-5(6)7-8-2/h3-9,15H,1-2H3;3-4H,1-2H3,(H2,6,7)/b;4-3+. The average Bonchev–Trinajstić information content (AvgIpc) is 2.48. The lowest BCUT2D eigenvalue weighted by molar-refractivity contribution is 0.213. The maximum Gasteiger partial charge on any atom is 0.162 e. The van der Waals surface area contributed by atoms with Crippen molar-refractivity contribution in [3.8, 4) is 11.1 Å². The van der Waals surface area contributed by atoms with Gasteiger partial charge in [-0.3, -0.25) is 0 Å². The maximum absolute atomic E-state index is 5.23. The van der Waals surface area contributed by atoms with Gasteiger partial charge in [0.2, 0.25) is 0 Å². The van der Waals surface area contributed by atoms with Crippen LogP contribution in [0.2, 0.25) is 0 Å². The van der Waals surface area contributed by atoms with E-state index in [4.69, 9.17) is 5.73 Å². The second-order valence-electron chi connectivity index (χ2n) is 5.12. The van der Waals surface area contributed by atoms with Crippen LogP contribution in [0.25, 0.3) is 11.1 Å². The molecule has 4 heteroatoms. The molecule has 0 unspecified atom stereocenters. The number of aryl methyl sites for hydroxylation is 2. The van der Waals surface area contributed by atoms with Crippen molar-refractivity contribution < 1.29 is 4.84 Å². The van der Waals surface area contributed by atoms with Crippen molar-refractivity contribution in [1.82, 2.24) is 0 Å². The molecule has 2 aromatic carbocycles. The molecular weight excluding hydrogens is 304 g/mol. The van der Waals surface area contributed by atoms with E-state index in [1.165, 1.54) is 29.4 Å². The number of nitrogens with zero attached hydrogens (tertiary/aromatic N) is 1. The van der Waals surface area contributed by atoms with Gasteiger partial charge in [0, 0.05) is 4.90 Å². The van der Waals surface area contributed by atoms with E-state index in [1.807, 2.05) is 19.1 Å². The SMILES string of the molecule is C/C=C/C(N)=N\OC.Cc1cc(C)cc(-c2ccc(S)cc2)c1. The molecule has 0 atom stereocenters. The fourth-order valence-electron chi connectivity index (χ4n) is 2.10. The molecule has 0 aliphatic heterocycles. The predicted octanol–water partition coefficient (Wildman–Crippen LogP) is 4.74. The molecule has 2 N–H and O–H groups in total. The third-order valence-electron chi connectivity index (χ3n) is 2.96. The fourth-order valence-corrected chi connectivity index (χ4v) is 2.25. The van der Waals surface area contributed by atoms with Gasteiger partial charge in [-0.1, -0.05) is 52.7 Å². The van der Waals surface area contributed by atoms with Crippen molar-refractivity contribution in [2.24, 2.45) is 10.9 Å². The Bertz CT molecular complexity index is 656. The Balaban J connectivity index is 0.000000284. The molecule has 0 aliphatic rings. The van der Waals surface area contributed by atoms with Crippen molar-refractivity contribution in [3.63, 3.8) is 0 Å². The number of amidine groups is 1. The van der Waals surface area contributed by atoms with E-state index in [2.05, 4.69) is 66.8 Å². The van der Waals surface area contributed by atoms with Gasteiger partial charge in [0.15, 0.2) is 5.84 Å². The zero-order valence-corrected chi connectivity index (χ0v) is 15.0. The summed E-state index contributed by atoms with van der Waals surface area (Å²) in [6.45, 7) is 6.12. The molecule has 0 heterocycles. The van der Waals surface area contributed by atoms with Crippen molar-refractivity contribution >= 4 is 18.5 Å². The number of hydrogen-bond donors (Lipinski definition) is 2. The summed E-state index contributed by atoms with van der Waals surface area (Å²) >= 11 is 4.28. The highest BCUT2D eigenvalue weighted by Crippen LogP contribution is 2.23. The molecule has 122 valence electrons. The minimum absolute atomic E-state index is 0.384. The Morgan fingerprint density at radius 1 is 1.04 bits per heavy atom. The second-order valence-corrected chi connectivity index (χ2v) is 5.64. The Morgan fingerprint density at radius 2 is 1.61 bits per heavy atom. The summed E-state index contributed by atoms with van der Waals surface area (Å²) in [4.78, 5) is 5.37. The Morgan fingerprint density at radius 3 is 2.09 bits per heavy atom.